The molecule has 5 heteroatoms. The van der Waals surface area contributed by atoms with Gasteiger partial charge in [0.25, 0.3) is 5.91 Å². The lowest BCUT2D eigenvalue weighted by molar-refractivity contribution is -0.118. The Kier molecular flexibility index (Phi) is 4.16. The lowest BCUT2D eigenvalue weighted by Crippen LogP contribution is -2.29. The van der Waals surface area contributed by atoms with E-state index in [4.69, 9.17) is 5.11 Å². The first-order valence-corrected chi connectivity index (χ1v) is 6.43. The normalized spacial score (nSPS) is 14.5. The Morgan fingerprint density at radius 3 is 2.63 bits per heavy atom. The number of benzene rings is 1. The van der Waals surface area contributed by atoms with Crippen LogP contribution < -0.4 is 5.32 Å². The van der Waals surface area contributed by atoms with Gasteiger partial charge in [0.2, 0.25) is 5.91 Å². The Morgan fingerprint density at radius 1 is 1.32 bits per heavy atom. The maximum Gasteiger partial charge on any atom is 0.256 e. The van der Waals surface area contributed by atoms with Crippen LogP contribution >= 0.6 is 0 Å². The van der Waals surface area contributed by atoms with Crippen LogP contribution in [-0.4, -0.2) is 41.5 Å². The highest BCUT2D eigenvalue weighted by atomic mass is 16.3. The van der Waals surface area contributed by atoms with Crippen LogP contribution in [0.2, 0.25) is 0 Å². The fraction of sp³-hybridized carbons (Fsp3) is 0.429. The summed E-state index contributed by atoms with van der Waals surface area (Å²) in [6.07, 6.45) is 2.05. The second-order valence-electron chi connectivity index (χ2n) is 4.70. The monoisotopic (exact) mass is 262 g/mol. The summed E-state index contributed by atoms with van der Waals surface area (Å²) < 4.78 is 0. The number of carbonyl (C=O) groups is 2. The van der Waals surface area contributed by atoms with Gasteiger partial charge in [-0.15, -0.1) is 0 Å². The molecule has 1 saturated heterocycles. The summed E-state index contributed by atoms with van der Waals surface area (Å²) in [5.74, 6) is -0.565. The maximum absolute atomic E-state index is 12.5. The molecule has 19 heavy (non-hydrogen) atoms. The number of nitrogens with zero attached hydrogens (tertiary/aromatic N) is 1. The third-order valence-corrected chi connectivity index (χ3v) is 3.30. The van der Waals surface area contributed by atoms with E-state index >= 15 is 0 Å². The molecule has 5 nitrogen and oxygen atoms in total. The molecule has 2 rings (SSSR count). The van der Waals surface area contributed by atoms with Crippen molar-refractivity contribution < 1.29 is 14.7 Å². The topological polar surface area (TPSA) is 69.6 Å². The van der Waals surface area contributed by atoms with Crippen LogP contribution in [0, 0.1) is 6.92 Å². The summed E-state index contributed by atoms with van der Waals surface area (Å²) in [7, 11) is 0. The van der Waals surface area contributed by atoms with Crippen LogP contribution in [0.4, 0.5) is 5.69 Å². The predicted octanol–water partition coefficient (Wildman–Crippen LogP) is 1.16. The van der Waals surface area contributed by atoms with E-state index < -0.39 is 12.5 Å². The van der Waals surface area contributed by atoms with Crippen molar-refractivity contribution in [3.63, 3.8) is 0 Å². The fourth-order valence-corrected chi connectivity index (χ4v) is 2.32. The van der Waals surface area contributed by atoms with Gasteiger partial charge in [-0.25, -0.2) is 0 Å². The summed E-state index contributed by atoms with van der Waals surface area (Å²) in [6, 6.07) is 5.31. The molecule has 0 aromatic heterocycles. The number of hydrogen-bond donors (Lipinski definition) is 2. The van der Waals surface area contributed by atoms with Gasteiger partial charge in [0.05, 0.1) is 11.3 Å². The highest BCUT2D eigenvalue weighted by Crippen LogP contribution is 2.23. The quantitative estimate of drug-likeness (QED) is 0.859. The Bertz CT molecular complexity index is 493. The molecule has 1 aliphatic rings. The first-order valence-electron chi connectivity index (χ1n) is 6.43. The third-order valence-electron chi connectivity index (χ3n) is 3.30. The zero-order valence-electron chi connectivity index (χ0n) is 11.0. The van der Waals surface area contributed by atoms with Gasteiger partial charge in [-0.1, -0.05) is 12.1 Å². The standard InChI is InChI=1S/C14H18N2O3/c1-10-5-4-6-11(15-12(18)9-17)13(10)14(19)16-7-2-3-8-16/h4-6,17H,2-3,7-9H2,1H3,(H,15,18). The summed E-state index contributed by atoms with van der Waals surface area (Å²) >= 11 is 0. The molecule has 1 fully saturated rings. The molecule has 102 valence electrons. The molecule has 0 saturated carbocycles. The number of aliphatic hydroxyl groups is 1. The second-order valence-corrected chi connectivity index (χ2v) is 4.70. The first-order chi connectivity index (χ1) is 9.13. The van der Waals surface area contributed by atoms with Crippen LogP contribution in [0.15, 0.2) is 18.2 Å². The van der Waals surface area contributed by atoms with Crippen molar-refractivity contribution in [1.29, 1.82) is 0 Å². The van der Waals surface area contributed by atoms with Gasteiger partial charge >= 0.3 is 0 Å². The molecule has 0 atom stereocenters. The van der Waals surface area contributed by atoms with E-state index in [9.17, 15) is 9.59 Å². The Hall–Kier alpha value is -1.88. The smallest absolute Gasteiger partial charge is 0.256 e. The molecule has 2 N–H and O–H groups in total. The van der Waals surface area contributed by atoms with E-state index in [1.807, 2.05) is 13.0 Å². The van der Waals surface area contributed by atoms with Crippen LogP contribution in [-0.2, 0) is 4.79 Å². The number of likely N-dealkylation sites (tertiary alicyclic amines) is 1. The molecule has 1 aromatic rings. The fourth-order valence-electron chi connectivity index (χ4n) is 2.32. The zero-order valence-corrected chi connectivity index (χ0v) is 11.0. The van der Waals surface area contributed by atoms with Crippen LogP contribution in [0.1, 0.15) is 28.8 Å². The van der Waals surface area contributed by atoms with Gasteiger partial charge in [-0.3, -0.25) is 9.59 Å². The minimum atomic E-state index is -0.592. The number of amides is 2. The Labute approximate surface area is 112 Å². The highest BCUT2D eigenvalue weighted by Gasteiger charge is 2.23. The molecule has 1 heterocycles. The molecule has 0 unspecified atom stereocenters. The van der Waals surface area contributed by atoms with E-state index in [2.05, 4.69) is 5.32 Å². The van der Waals surface area contributed by atoms with Crippen molar-refractivity contribution in [3.8, 4) is 0 Å². The van der Waals surface area contributed by atoms with Crippen molar-refractivity contribution in [2.24, 2.45) is 0 Å². The highest BCUT2D eigenvalue weighted by molar-refractivity contribution is 6.05. The van der Waals surface area contributed by atoms with Crippen LogP contribution in [0.5, 0.6) is 0 Å². The Morgan fingerprint density at radius 2 is 2.00 bits per heavy atom. The lowest BCUT2D eigenvalue weighted by Gasteiger charge is -2.19. The van der Waals surface area contributed by atoms with Gasteiger partial charge < -0.3 is 15.3 Å². The number of nitrogens with one attached hydrogen (secondary N) is 1. The molecular weight excluding hydrogens is 244 g/mol. The first kappa shape index (κ1) is 13.5. The molecule has 0 bridgehead atoms. The maximum atomic E-state index is 12.5. The summed E-state index contributed by atoms with van der Waals surface area (Å²) in [5.41, 5.74) is 1.81. The summed E-state index contributed by atoms with van der Waals surface area (Å²) in [6.45, 7) is 2.78. The molecule has 0 radical (unpaired) electrons. The van der Waals surface area contributed by atoms with E-state index in [0.717, 1.165) is 31.5 Å². The van der Waals surface area contributed by atoms with Gasteiger partial charge in [0.1, 0.15) is 6.61 Å². The third kappa shape index (κ3) is 2.93. The molecule has 2 amide bonds. The average molecular weight is 262 g/mol. The minimum absolute atomic E-state index is 0.0520. The largest absolute Gasteiger partial charge is 0.387 e. The second kappa shape index (κ2) is 5.84. The van der Waals surface area contributed by atoms with Crippen LogP contribution in [0.25, 0.3) is 0 Å². The summed E-state index contributed by atoms with van der Waals surface area (Å²) in [4.78, 5) is 25.6. The average Bonchev–Trinajstić information content (AvgIpc) is 2.92. The van der Waals surface area contributed by atoms with Crippen molar-refractivity contribution in [2.45, 2.75) is 19.8 Å². The number of aliphatic hydroxyl groups excluding tert-OH is 1. The van der Waals surface area contributed by atoms with E-state index in [1.165, 1.54) is 0 Å². The van der Waals surface area contributed by atoms with Crippen molar-refractivity contribution in [2.75, 3.05) is 25.0 Å². The molecule has 1 aromatic carbocycles. The molecule has 1 aliphatic heterocycles. The van der Waals surface area contributed by atoms with Crippen molar-refractivity contribution in [3.05, 3.63) is 29.3 Å². The van der Waals surface area contributed by atoms with Gasteiger partial charge in [0, 0.05) is 13.1 Å². The van der Waals surface area contributed by atoms with Crippen LogP contribution in [0.3, 0.4) is 0 Å². The predicted molar refractivity (Wildman–Crippen MR) is 72.0 cm³/mol. The zero-order chi connectivity index (χ0) is 13.8. The summed E-state index contributed by atoms with van der Waals surface area (Å²) in [5, 5.41) is 11.4. The number of hydrogen-bond acceptors (Lipinski definition) is 3. The lowest BCUT2D eigenvalue weighted by atomic mass is 10.0. The van der Waals surface area contributed by atoms with E-state index in [1.54, 1.807) is 17.0 Å². The molecule has 0 aliphatic carbocycles. The number of carbonyl (C=O) groups excluding carboxylic acids is 2. The van der Waals surface area contributed by atoms with Gasteiger partial charge in [-0.2, -0.15) is 0 Å². The number of anilines is 1. The van der Waals surface area contributed by atoms with E-state index in [-0.39, 0.29) is 5.91 Å². The Balaban J connectivity index is 2.31. The number of aryl methyl sites for hydroxylation is 1. The van der Waals surface area contributed by atoms with E-state index in [0.29, 0.717) is 11.3 Å². The van der Waals surface area contributed by atoms with Crippen molar-refractivity contribution >= 4 is 17.5 Å². The molecule has 0 spiro atoms. The van der Waals surface area contributed by atoms with Gasteiger partial charge in [0.15, 0.2) is 0 Å². The SMILES string of the molecule is Cc1cccc(NC(=O)CO)c1C(=O)N1CCCC1. The number of rotatable bonds is 3. The molecular formula is C14H18N2O3. The van der Waals surface area contributed by atoms with Crippen molar-refractivity contribution in [1.82, 2.24) is 4.90 Å². The van der Waals surface area contributed by atoms with Gasteiger partial charge in [-0.05, 0) is 31.4 Å². The minimum Gasteiger partial charge on any atom is -0.387 e.